The second-order valence-corrected chi connectivity index (χ2v) is 5.14. The van der Waals surface area contributed by atoms with Crippen molar-refractivity contribution < 1.29 is 4.42 Å². The summed E-state index contributed by atoms with van der Waals surface area (Å²) in [6, 6.07) is 10.3. The van der Waals surface area contributed by atoms with E-state index in [4.69, 9.17) is 4.42 Å². The first kappa shape index (κ1) is 7.85. The van der Waals surface area contributed by atoms with Crippen LogP contribution in [0.4, 0.5) is 0 Å². The van der Waals surface area contributed by atoms with Crippen LogP contribution in [-0.2, 0) is 0 Å². The molecule has 0 amide bonds. The van der Waals surface area contributed by atoms with Gasteiger partial charge in [0.1, 0.15) is 0 Å². The van der Waals surface area contributed by atoms with Crippen molar-refractivity contribution in [1.82, 2.24) is 4.98 Å². The van der Waals surface area contributed by atoms with E-state index < -0.39 is 20.9 Å². The number of aromatic nitrogens is 1. The molecule has 1 heterocycles. The Labute approximate surface area is 80.7 Å². The molecular weight excluding hydrogens is 266 g/mol. The van der Waals surface area contributed by atoms with E-state index in [9.17, 15) is 0 Å². The van der Waals surface area contributed by atoms with Crippen LogP contribution in [0.3, 0.4) is 0 Å². The van der Waals surface area contributed by atoms with Crippen LogP contribution in [0, 0.1) is 0 Å². The molecule has 0 aliphatic rings. The average molecular weight is 273 g/mol. The Hall–Kier alpha value is -0.780. The van der Waals surface area contributed by atoms with Crippen LogP contribution < -0.4 is 7.55 Å². The number of oxazole rings is 1. The Morgan fingerprint density at radius 2 is 2.00 bits per heavy atom. The molecule has 1 aromatic heterocycles. The first-order valence-electron chi connectivity index (χ1n) is 3.57. The van der Waals surface area contributed by atoms with E-state index in [1.165, 1.54) is 3.61 Å². The fraction of sp³-hybridized carbons (Fsp3) is 0. The molecule has 12 heavy (non-hydrogen) atoms. The molecular formula is C9H7NOTe. The van der Waals surface area contributed by atoms with Gasteiger partial charge in [0.15, 0.2) is 0 Å². The summed E-state index contributed by atoms with van der Waals surface area (Å²) in [5.41, 5.74) is 0. The van der Waals surface area contributed by atoms with Gasteiger partial charge in [-0.1, -0.05) is 0 Å². The zero-order valence-electron chi connectivity index (χ0n) is 6.31. The number of hydrogen-bond acceptors (Lipinski definition) is 2. The molecule has 60 valence electrons. The predicted octanol–water partition coefficient (Wildman–Crippen LogP) is 0.330. The van der Waals surface area contributed by atoms with E-state index in [0.717, 1.165) is 3.94 Å². The molecule has 0 saturated carbocycles. The van der Waals surface area contributed by atoms with Crippen LogP contribution in [0.15, 0.2) is 47.2 Å². The fourth-order valence-corrected chi connectivity index (χ4v) is 2.88. The van der Waals surface area contributed by atoms with Gasteiger partial charge in [-0.3, -0.25) is 0 Å². The molecule has 0 bridgehead atoms. The molecule has 0 atom stereocenters. The first-order chi connectivity index (χ1) is 5.95. The van der Waals surface area contributed by atoms with Crippen LogP contribution in [0.1, 0.15) is 0 Å². The van der Waals surface area contributed by atoms with Crippen molar-refractivity contribution >= 4 is 28.5 Å². The van der Waals surface area contributed by atoms with Crippen molar-refractivity contribution in [3.05, 3.63) is 42.8 Å². The van der Waals surface area contributed by atoms with Gasteiger partial charge in [-0.25, -0.2) is 0 Å². The summed E-state index contributed by atoms with van der Waals surface area (Å²) >= 11 is -0.390. The summed E-state index contributed by atoms with van der Waals surface area (Å²) in [6.45, 7) is 0. The second kappa shape index (κ2) is 3.75. The van der Waals surface area contributed by atoms with Gasteiger partial charge in [-0.2, -0.15) is 0 Å². The third-order valence-corrected chi connectivity index (χ3v) is 3.88. The summed E-state index contributed by atoms with van der Waals surface area (Å²) in [5.74, 6) is 0. The molecule has 0 saturated heterocycles. The predicted molar refractivity (Wildman–Crippen MR) is 48.0 cm³/mol. The first-order valence-corrected chi connectivity index (χ1v) is 5.90. The Bertz CT molecular complexity index is 331. The third kappa shape index (κ3) is 1.88. The minimum atomic E-state index is -0.390. The summed E-state index contributed by atoms with van der Waals surface area (Å²) in [5, 5.41) is 0. The molecule has 0 spiro atoms. The van der Waals surface area contributed by atoms with Gasteiger partial charge in [0.05, 0.1) is 0 Å². The topological polar surface area (TPSA) is 26.0 Å². The maximum atomic E-state index is 5.18. The van der Waals surface area contributed by atoms with Crippen LogP contribution >= 0.6 is 0 Å². The van der Waals surface area contributed by atoms with Crippen molar-refractivity contribution in [3.8, 4) is 0 Å². The number of hydrogen-bond donors (Lipinski definition) is 0. The molecule has 2 nitrogen and oxygen atoms in total. The molecule has 3 heteroatoms. The molecule has 0 fully saturated rings. The minimum absolute atomic E-state index is 0.390. The zero-order chi connectivity index (χ0) is 8.23. The van der Waals surface area contributed by atoms with Crippen molar-refractivity contribution in [2.45, 2.75) is 0 Å². The molecule has 2 rings (SSSR count). The van der Waals surface area contributed by atoms with Gasteiger partial charge in [-0.15, -0.1) is 0 Å². The molecule has 1 aromatic carbocycles. The maximum absolute atomic E-state index is 5.18. The Balaban J connectivity index is 2.15. The third-order valence-electron chi connectivity index (χ3n) is 1.36. The summed E-state index contributed by atoms with van der Waals surface area (Å²) in [7, 11) is 0. The van der Waals surface area contributed by atoms with Gasteiger partial charge >= 0.3 is 80.7 Å². The summed E-state index contributed by atoms with van der Waals surface area (Å²) in [6.07, 6.45) is 3.33. The van der Waals surface area contributed by atoms with Gasteiger partial charge in [-0.05, 0) is 0 Å². The van der Waals surface area contributed by atoms with E-state index in [1.54, 1.807) is 12.5 Å². The molecule has 0 radical (unpaired) electrons. The van der Waals surface area contributed by atoms with E-state index in [2.05, 4.69) is 17.1 Å². The monoisotopic (exact) mass is 275 g/mol. The molecule has 2 aromatic rings. The van der Waals surface area contributed by atoms with Crippen molar-refractivity contribution in [1.29, 1.82) is 0 Å². The SMILES string of the molecule is c1ccc([Te]c2ncco2)cc1. The van der Waals surface area contributed by atoms with E-state index in [0.29, 0.717) is 0 Å². The number of nitrogens with zero attached hydrogens (tertiary/aromatic N) is 1. The van der Waals surface area contributed by atoms with Gasteiger partial charge in [0, 0.05) is 0 Å². The number of benzene rings is 1. The summed E-state index contributed by atoms with van der Waals surface area (Å²) < 4.78 is 7.43. The Morgan fingerprint density at radius 1 is 1.17 bits per heavy atom. The normalized spacial score (nSPS) is 10.0. The van der Waals surface area contributed by atoms with Gasteiger partial charge in [0.25, 0.3) is 0 Å². The van der Waals surface area contributed by atoms with Gasteiger partial charge in [0.2, 0.25) is 0 Å². The fourth-order valence-electron chi connectivity index (χ4n) is 0.850. The molecule has 0 aliphatic carbocycles. The average Bonchev–Trinajstić information content (AvgIpc) is 2.59. The van der Waals surface area contributed by atoms with E-state index >= 15 is 0 Å². The standard InChI is InChI=1S/C9H7NOTe/c1-2-4-8(5-3-1)12-9-10-6-7-11-9/h1-7H. The molecule has 0 unspecified atom stereocenters. The van der Waals surface area contributed by atoms with E-state index in [1.807, 2.05) is 18.2 Å². The number of rotatable bonds is 2. The van der Waals surface area contributed by atoms with Crippen LogP contribution in [0.2, 0.25) is 0 Å². The van der Waals surface area contributed by atoms with Gasteiger partial charge < -0.3 is 0 Å². The van der Waals surface area contributed by atoms with Crippen LogP contribution in [0.25, 0.3) is 0 Å². The molecule has 0 N–H and O–H groups in total. The summed E-state index contributed by atoms with van der Waals surface area (Å²) in [4.78, 5) is 4.10. The second-order valence-electron chi connectivity index (χ2n) is 2.21. The van der Waals surface area contributed by atoms with Crippen molar-refractivity contribution in [3.63, 3.8) is 0 Å². The van der Waals surface area contributed by atoms with Crippen molar-refractivity contribution in [2.24, 2.45) is 0 Å². The molecule has 0 aliphatic heterocycles. The van der Waals surface area contributed by atoms with E-state index in [-0.39, 0.29) is 0 Å². The Morgan fingerprint density at radius 3 is 2.67 bits per heavy atom. The van der Waals surface area contributed by atoms with Crippen molar-refractivity contribution in [2.75, 3.05) is 0 Å². The Kier molecular flexibility index (Phi) is 2.45. The zero-order valence-corrected chi connectivity index (χ0v) is 8.64. The quantitative estimate of drug-likeness (QED) is 0.737. The van der Waals surface area contributed by atoms with Crippen LogP contribution in [-0.4, -0.2) is 25.9 Å². The van der Waals surface area contributed by atoms with Crippen LogP contribution in [0.5, 0.6) is 0 Å².